The van der Waals surface area contributed by atoms with E-state index < -0.39 is 0 Å². The monoisotopic (exact) mass is 226 g/mol. The molecule has 15 heavy (non-hydrogen) atoms. The van der Waals surface area contributed by atoms with E-state index in [0.717, 1.165) is 18.0 Å². The lowest BCUT2D eigenvalue weighted by Gasteiger charge is -2.42. The topological polar surface area (TPSA) is 42.4 Å². The average molecular weight is 226 g/mol. The van der Waals surface area contributed by atoms with E-state index in [0.29, 0.717) is 0 Å². The number of hydrogen-bond acceptors (Lipinski definition) is 5. The summed E-state index contributed by atoms with van der Waals surface area (Å²) >= 11 is 1.63. The second kappa shape index (κ2) is 4.28. The van der Waals surface area contributed by atoms with Gasteiger partial charge in [0.25, 0.3) is 0 Å². The average Bonchev–Trinajstić information content (AvgIpc) is 2.68. The Morgan fingerprint density at radius 2 is 2.60 bits per heavy atom. The minimum Gasteiger partial charge on any atom is -0.468 e. The van der Waals surface area contributed by atoms with Gasteiger partial charge < -0.3 is 4.74 Å². The molecule has 0 bridgehead atoms. The van der Waals surface area contributed by atoms with Crippen LogP contribution in [0.3, 0.4) is 0 Å². The lowest BCUT2D eigenvalue weighted by molar-refractivity contribution is -0.153. The van der Waals surface area contributed by atoms with Crippen molar-refractivity contribution in [3.63, 3.8) is 0 Å². The first-order valence-corrected chi connectivity index (χ1v) is 5.85. The number of methoxy groups -OCH3 is 1. The van der Waals surface area contributed by atoms with Gasteiger partial charge >= 0.3 is 5.97 Å². The molecule has 2 heterocycles. The van der Waals surface area contributed by atoms with E-state index in [1.807, 2.05) is 5.38 Å². The maximum atomic E-state index is 11.4. The van der Waals surface area contributed by atoms with Gasteiger partial charge in [0.2, 0.25) is 0 Å². The van der Waals surface area contributed by atoms with Crippen molar-refractivity contribution in [1.29, 1.82) is 0 Å². The highest BCUT2D eigenvalue weighted by Crippen LogP contribution is 2.31. The zero-order valence-corrected chi connectivity index (χ0v) is 9.66. The molecular weight excluding hydrogens is 212 g/mol. The van der Waals surface area contributed by atoms with Gasteiger partial charge in [-0.2, -0.15) is 0 Å². The third-order valence-corrected chi connectivity index (χ3v) is 3.79. The highest BCUT2D eigenvalue weighted by Gasteiger charge is 2.38. The third kappa shape index (κ3) is 1.89. The molecular formula is C10H14N2O2S. The van der Waals surface area contributed by atoms with Gasteiger partial charge in [-0.25, -0.2) is 4.98 Å². The van der Waals surface area contributed by atoms with Crippen molar-refractivity contribution in [3.05, 3.63) is 16.6 Å². The summed E-state index contributed by atoms with van der Waals surface area (Å²) in [6.45, 7) is 3.02. The van der Waals surface area contributed by atoms with E-state index in [1.165, 1.54) is 7.11 Å². The molecule has 5 heteroatoms. The van der Waals surface area contributed by atoms with Gasteiger partial charge in [0.15, 0.2) is 0 Å². The molecule has 1 aromatic rings. The molecule has 1 aliphatic heterocycles. The molecule has 0 amide bonds. The van der Waals surface area contributed by atoms with Crippen LogP contribution in [-0.4, -0.2) is 35.5 Å². The standard InChI is InChI=1S/C10H14N2O2S/c1-7(9-11-4-6-15-9)12-5-3-8(12)10(13)14-2/h4,6-8H,3,5H2,1-2H3. The molecule has 4 nitrogen and oxygen atoms in total. The number of nitrogens with zero attached hydrogens (tertiary/aromatic N) is 2. The van der Waals surface area contributed by atoms with Gasteiger partial charge in [0, 0.05) is 18.1 Å². The van der Waals surface area contributed by atoms with E-state index in [9.17, 15) is 4.79 Å². The predicted octanol–water partition coefficient (Wildman–Crippen LogP) is 1.45. The second-order valence-electron chi connectivity index (χ2n) is 3.61. The Hall–Kier alpha value is -0.940. The van der Waals surface area contributed by atoms with Crippen molar-refractivity contribution in [3.8, 4) is 0 Å². The zero-order chi connectivity index (χ0) is 10.8. The fraction of sp³-hybridized carbons (Fsp3) is 0.600. The number of esters is 1. The van der Waals surface area contributed by atoms with Gasteiger partial charge in [-0.15, -0.1) is 11.3 Å². The maximum Gasteiger partial charge on any atom is 0.323 e. The van der Waals surface area contributed by atoms with Crippen molar-refractivity contribution in [2.45, 2.75) is 25.4 Å². The second-order valence-corrected chi connectivity index (χ2v) is 4.54. The van der Waals surface area contributed by atoms with Crippen LogP contribution in [0.4, 0.5) is 0 Å². The lowest BCUT2D eigenvalue weighted by Crippen LogP contribution is -2.53. The normalized spacial score (nSPS) is 23.2. The van der Waals surface area contributed by atoms with Gasteiger partial charge in [0.1, 0.15) is 11.0 Å². The number of ether oxygens (including phenoxy) is 1. The summed E-state index contributed by atoms with van der Waals surface area (Å²) in [5, 5.41) is 3.02. The van der Waals surface area contributed by atoms with E-state index in [1.54, 1.807) is 17.5 Å². The molecule has 2 atom stereocenters. The quantitative estimate of drug-likeness (QED) is 0.732. The highest BCUT2D eigenvalue weighted by molar-refractivity contribution is 7.09. The van der Waals surface area contributed by atoms with Crippen molar-refractivity contribution in [1.82, 2.24) is 9.88 Å². The minimum atomic E-state index is -0.135. The van der Waals surface area contributed by atoms with Crippen LogP contribution in [0.25, 0.3) is 0 Å². The zero-order valence-electron chi connectivity index (χ0n) is 8.84. The molecule has 0 aliphatic carbocycles. The number of carbonyl (C=O) groups excluding carboxylic acids is 1. The Bertz CT molecular complexity index is 339. The Labute approximate surface area is 92.9 Å². The Morgan fingerprint density at radius 1 is 1.80 bits per heavy atom. The molecule has 1 saturated heterocycles. The predicted molar refractivity (Wildman–Crippen MR) is 57.7 cm³/mol. The van der Waals surface area contributed by atoms with Gasteiger partial charge in [-0.05, 0) is 13.3 Å². The Morgan fingerprint density at radius 3 is 3.07 bits per heavy atom. The highest BCUT2D eigenvalue weighted by atomic mass is 32.1. The first-order valence-electron chi connectivity index (χ1n) is 4.97. The summed E-state index contributed by atoms with van der Waals surface area (Å²) in [5.41, 5.74) is 0. The number of rotatable bonds is 3. The van der Waals surface area contributed by atoms with Crippen molar-refractivity contribution in [2.24, 2.45) is 0 Å². The third-order valence-electron chi connectivity index (χ3n) is 2.84. The van der Waals surface area contributed by atoms with Crippen LogP contribution in [0.2, 0.25) is 0 Å². The summed E-state index contributed by atoms with van der Waals surface area (Å²) in [4.78, 5) is 17.8. The Balaban J connectivity index is 2.03. The fourth-order valence-electron chi connectivity index (χ4n) is 1.84. The lowest BCUT2D eigenvalue weighted by atomic mass is 10.0. The Kier molecular flexibility index (Phi) is 3.02. The van der Waals surface area contributed by atoms with Crippen LogP contribution < -0.4 is 0 Å². The molecule has 1 aliphatic rings. The van der Waals surface area contributed by atoms with Crippen LogP contribution in [0.1, 0.15) is 24.4 Å². The van der Waals surface area contributed by atoms with Gasteiger partial charge in [0.05, 0.1) is 13.2 Å². The van der Waals surface area contributed by atoms with Crippen molar-refractivity contribution < 1.29 is 9.53 Å². The number of aromatic nitrogens is 1. The smallest absolute Gasteiger partial charge is 0.323 e. The van der Waals surface area contributed by atoms with Crippen molar-refractivity contribution >= 4 is 17.3 Å². The molecule has 0 N–H and O–H groups in total. The molecule has 1 fully saturated rings. The van der Waals surface area contributed by atoms with Crippen molar-refractivity contribution in [2.75, 3.05) is 13.7 Å². The number of thiazole rings is 1. The molecule has 2 unspecified atom stereocenters. The number of likely N-dealkylation sites (tertiary alicyclic amines) is 1. The summed E-state index contributed by atoms with van der Waals surface area (Å²) in [7, 11) is 1.44. The molecule has 1 aromatic heterocycles. The van der Waals surface area contributed by atoms with E-state index in [4.69, 9.17) is 4.74 Å². The van der Waals surface area contributed by atoms with Gasteiger partial charge in [-0.3, -0.25) is 9.69 Å². The summed E-state index contributed by atoms with van der Waals surface area (Å²) < 4.78 is 4.75. The van der Waals surface area contributed by atoms with E-state index in [2.05, 4.69) is 16.8 Å². The molecule has 0 radical (unpaired) electrons. The maximum absolute atomic E-state index is 11.4. The van der Waals surface area contributed by atoms with E-state index >= 15 is 0 Å². The van der Waals surface area contributed by atoms with Crippen LogP contribution in [-0.2, 0) is 9.53 Å². The van der Waals surface area contributed by atoms with Crippen LogP contribution in [0.15, 0.2) is 11.6 Å². The summed E-state index contributed by atoms with van der Waals surface area (Å²) in [5.74, 6) is -0.135. The van der Waals surface area contributed by atoms with E-state index in [-0.39, 0.29) is 18.1 Å². The summed E-state index contributed by atoms with van der Waals surface area (Å²) in [6.07, 6.45) is 2.69. The minimum absolute atomic E-state index is 0.0751. The largest absolute Gasteiger partial charge is 0.468 e. The number of carbonyl (C=O) groups is 1. The summed E-state index contributed by atoms with van der Waals surface area (Å²) in [6, 6.07) is 0.136. The van der Waals surface area contributed by atoms with Crippen LogP contribution in [0.5, 0.6) is 0 Å². The molecule has 82 valence electrons. The van der Waals surface area contributed by atoms with Crippen LogP contribution >= 0.6 is 11.3 Å². The van der Waals surface area contributed by atoms with Gasteiger partial charge in [-0.1, -0.05) is 0 Å². The molecule has 0 aromatic carbocycles. The molecule has 0 spiro atoms. The number of hydrogen-bond donors (Lipinski definition) is 0. The SMILES string of the molecule is COC(=O)C1CCN1C(C)c1nccs1. The van der Waals surface area contributed by atoms with Crippen LogP contribution in [0, 0.1) is 0 Å². The fourth-order valence-corrected chi connectivity index (χ4v) is 2.56. The molecule has 0 saturated carbocycles. The first kappa shape index (κ1) is 10.6. The first-order chi connectivity index (χ1) is 7.24. The molecule has 2 rings (SSSR count).